The number of ether oxygens (including phenoxy) is 1. The van der Waals surface area contributed by atoms with Crippen molar-refractivity contribution in [2.24, 2.45) is 0 Å². The monoisotopic (exact) mass is 279 g/mol. The summed E-state index contributed by atoms with van der Waals surface area (Å²) in [5.41, 5.74) is 0. The molecule has 0 saturated carbocycles. The number of hydrogen-bond acceptors (Lipinski definition) is 3. The first-order chi connectivity index (χ1) is 5.70. The van der Waals surface area contributed by atoms with Crippen molar-refractivity contribution in [2.75, 3.05) is 6.61 Å². The van der Waals surface area contributed by atoms with E-state index in [4.69, 9.17) is 9.84 Å². The molecule has 0 aliphatic carbocycles. The SMILES string of the molecule is C[C@@H](O)COc1cnccc1I. The van der Waals surface area contributed by atoms with Crippen molar-refractivity contribution in [3.63, 3.8) is 0 Å². The van der Waals surface area contributed by atoms with E-state index in [1.807, 2.05) is 6.07 Å². The summed E-state index contributed by atoms with van der Waals surface area (Å²) >= 11 is 2.16. The Hall–Kier alpha value is -0.360. The van der Waals surface area contributed by atoms with Gasteiger partial charge in [-0.1, -0.05) is 0 Å². The smallest absolute Gasteiger partial charge is 0.151 e. The maximum absolute atomic E-state index is 8.96. The van der Waals surface area contributed by atoms with Gasteiger partial charge in [-0.2, -0.15) is 0 Å². The van der Waals surface area contributed by atoms with E-state index in [-0.39, 0.29) is 0 Å². The molecule has 0 fully saturated rings. The molecule has 1 aromatic rings. The van der Waals surface area contributed by atoms with Crippen LogP contribution < -0.4 is 4.74 Å². The minimum atomic E-state index is -0.444. The molecule has 66 valence electrons. The van der Waals surface area contributed by atoms with Crippen molar-refractivity contribution in [3.05, 3.63) is 22.0 Å². The van der Waals surface area contributed by atoms with Crippen molar-refractivity contribution in [1.82, 2.24) is 4.98 Å². The number of aliphatic hydroxyl groups is 1. The highest BCUT2D eigenvalue weighted by Crippen LogP contribution is 2.18. The Kier molecular flexibility index (Phi) is 3.74. The van der Waals surface area contributed by atoms with Gasteiger partial charge in [-0.15, -0.1) is 0 Å². The molecule has 0 amide bonds. The van der Waals surface area contributed by atoms with E-state index in [2.05, 4.69) is 27.6 Å². The molecule has 0 spiro atoms. The summed E-state index contributed by atoms with van der Waals surface area (Å²) in [5.74, 6) is 0.721. The molecule has 0 aliphatic heterocycles. The Morgan fingerprint density at radius 3 is 3.08 bits per heavy atom. The number of halogens is 1. The van der Waals surface area contributed by atoms with Gasteiger partial charge in [-0.05, 0) is 35.6 Å². The van der Waals surface area contributed by atoms with Gasteiger partial charge < -0.3 is 9.84 Å². The molecule has 1 aromatic heterocycles. The van der Waals surface area contributed by atoms with Crippen molar-refractivity contribution in [2.45, 2.75) is 13.0 Å². The highest BCUT2D eigenvalue weighted by Gasteiger charge is 2.01. The second kappa shape index (κ2) is 4.61. The number of aromatic nitrogens is 1. The predicted octanol–water partition coefficient (Wildman–Crippen LogP) is 1.45. The molecule has 12 heavy (non-hydrogen) atoms. The lowest BCUT2D eigenvalue weighted by molar-refractivity contribution is 0.122. The summed E-state index contributed by atoms with van der Waals surface area (Å²) in [7, 11) is 0. The fourth-order valence-electron chi connectivity index (χ4n) is 0.680. The summed E-state index contributed by atoms with van der Waals surface area (Å²) in [6, 6.07) is 1.86. The lowest BCUT2D eigenvalue weighted by Gasteiger charge is -2.08. The minimum Gasteiger partial charge on any atom is -0.488 e. The van der Waals surface area contributed by atoms with E-state index in [9.17, 15) is 0 Å². The Morgan fingerprint density at radius 1 is 1.75 bits per heavy atom. The molecular formula is C8H10INO2. The number of rotatable bonds is 3. The molecule has 0 saturated heterocycles. The van der Waals surface area contributed by atoms with Gasteiger partial charge in [0.2, 0.25) is 0 Å². The normalized spacial score (nSPS) is 12.6. The molecule has 0 radical (unpaired) electrons. The highest BCUT2D eigenvalue weighted by atomic mass is 127. The molecule has 0 unspecified atom stereocenters. The molecular weight excluding hydrogens is 269 g/mol. The zero-order chi connectivity index (χ0) is 8.97. The Morgan fingerprint density at radius 2 is 2.50 bits per heavy atom. The maximum Gasteiger partial charge on any atom is 0.151 e. The van der Waals surface area contributed by atoms with Gasteiger partial charge >= 0.3 is 0 Å². The van der Waals surface area contributed by atoms with Gasteiger partial charge in [-0.3, -0.25) is 4.98 Å². The lowest BCUT2D eigenvalue weighted by Crippen LogP contribution is -2.13. The quantitative estimate of drug-likeness (QED) is 0.851. The second-order valence-electron chi connectivity index (χ2n) is 2.47. The number of aliphatic hydroxyl groups excluding tert-OH is 1. The first-order valence-electron chi connectivity index (χ1n) is 3.60. The fourth-order valence-corrected chi connectivity index (χ4v) is 1.14. The maximum atomic E-state index is 8.96. The van der Waals surface area contributed by atoms with Crippen LogP contribution in [0.2, 0.25) is 0 Å². The zero-order valence-electron chi connectivity index (χ0n) is 6.70. The van der Waals surface area contributed by atoms with E-state index in [0.717, 1.165) is 9.32 Å². The van der Waals surface area contributed by atoms with Crippen molar-refractivity contribution in [3.8, 4) is 5.75 Å². The van der Waals surface area contributed by atoms with Crippen LogP contribution in [0.25, 0.3) is 0 Å². The Labute approximate surface area is 84.9 Å². The fraction of sp³-hybridized carbons (Fsp3) is 0.375. The Balaban J connectivity index is 2.57. The van der Waals surface area contributed by atoms with Crippen LogP contribution in [-0.2, 0) is 0 Å². The zero-order valence-corrected chi connectivity index (χ0v) is 8.85. The third-order valence-corrected chi connectivity index (χ3v) is 2.11. The second-order valence-corrected chi connectivity index (χ2v) is 3.63. The van der Waals surface area contributed by atoms with Crippen LogP contribution >= 0.6 is 22.6 Å². The third-order valence-electron chi connectivity index (χ3n) is 1.21. The molecule has 0 bridgehead atoms. The number of pyridine rings is 1. The van der Waals surface area contributed by atoms with E-state index in [1.165, 1.54) is 0 Å². The van der Waals surface area contributed by atoms with E-state index in [1.54, 1.807) is 19.3 Å². The van der Waals surface area contributed by atoms with Crippen LogP contribution in [0.4, 0.5) is 0 Å². The van der Waals surface area contributed by atoms with Gasteiger partial charge in [-0.25, -0.2) is 0 Å². The van der Waals surface area contributed by atoms with Crippen LogP contribution in [-0.4, -0.2) is 22.8 Å². The summed E-state index contributed by atoms with van der Waals surface area (Å²) in [5, 5.41) is 8.96. The van der Waals surface area contributed by atoms with Crippen molar-refractivity contribution in [1.29, 1.82) is 0 Å². The highest BCUT2D eigenvalue weighted by molar-refractivity contribution is 14.1. The first-order valence-corrected chi connectivity index (χ1v) is 4.68. The molecule has 1 heterocycles. The predicted molar refractivity (Wildman–Crippen MR) is 54.1 cm³/mol. The molecule has 0 aromatic carbocycles. The molecule has 4 heteroatoms. The van der Waals surface area contributed by atoms with Gasteiger partial charge in [0.15, 0.2) is 5.75 Å². The van der Waals surface area contributed by atoms with Gasteiger partial charge in [0.05, 0.1) is 15.9 Å². The summed E-state index contributed by atoms with van der Waals surface area (Å²) in [6.07, 6.45) is 2.90. The topological polar surface area (TPSA) is 42.4 Å². The van der Waals surface area contributed by atoms with Gasteiger partial charge in [0.25, 0.3) is 0 Å². The van der Waals surface area contributed by atoms with Gasteiger partial charge in [0, 0.05) is 6.20 Å². The summed E-state index contributed by atoms with van der Waals surface area (Å²) < 4.78 is 6.28. The standard InChI is InChI=1S/C8H10INO2/c1-6(11)5-12-8-4-10-3-2-7(8)9/h2-4,6,11H,5H2,1H3/t6-/m1/s1. The number of hydrogen-bond donors (Lipinski definition) is 1. The average molecular weight is 279 g/mol. The minimum absolute atomic E-state index is 0.307. The summed E-state index contributed by atoms with van der Waals surface area (Å²) in [6.45, 7) is 1.99. The van der Waals surface area contributed by atoms with Crippen LogP contribution in [0, 0.1) is 3.57 Å². The molecule has 0 aliphatic rings. The molecule has 1 rings (SSSR count). The van der Waals surface area contributed by atoms with Crippen molar-refractivity contribution >= 4 is 22.6 Å². The lowest BCUT2D eigenvalue weighted by atomic mass is 10.4. The van der Waals surface area contributed by atoms with E-state index in [0.29, 0.717) is 6.61 Å². The molecule has 1 N–H and O–H groups in total. The largest absolute Gasteiger partial charge is 0.488 e. The number of nitrogens with zero attached hydrogens (tertiary/aromatic N) is 1. The van der Waals surface area contributed by atoms with Crippen LogP contribution in [0.3, 0.4) is 0 Å². The first kappa shape index (κ1) is 9.73. The Bertz CT molecular complexity index is 253. The van der Waals surface area contributed by atoms with E-state index >= 15 is 0 Å². The molecule has 1 atom stereocenters. The van der Waals surface area contributed by atoms with E-state index < -0.39 is 6.10 Å². The van der Waals surface area contributed by atoms with Crippen LogP contribution in [0.5, 0.6) is 5.75 Å². The van der Waals surface area contributed by atoms with Crippen LogP contribution in [0.15, 0.2) is 18.5 Å². The summed E-state index contributed by atoms with van der Waals surface area (Å²) in [4.78, 5) is 3.91. The van der Waals surface area contributed by atoms with Gasteiger partial charge in [0.1, 0.15) is 6.61 Å². The average Bonchev–Trinajstić information content (AvgIpc) is 2.03. The third kappa shape index (κ3) is 2.94. The van der Waals surface area contributed by atoms with Crippen LogP contribution in [0.1, 0.15) is 6.92 Å². The molecule has 3 nitrogen and oxygen atoms in total. The van der Waals surface area contributed by atoms with Crippen molar-refractivity contribution < 1.29 is 9.84 Å².